The third kappa shape index (κ3) is 3.34. The molecule has 1 heterocycles. The number of hydrogen-bond donors (Lipinski definition) is 1. The van der Waals surface area contributed by atoms with E-state index >= 15 is 0 Å². The minimum atomic E-state index is -0.317. The van der Waals surface area contributed by atoms with Gasteiger partial charge in [0.25, 0.3) is 0 Å². The highest BCUT2D eigenvalue weighted by molar-refractivity contribution is 9.10. The number of aromatic nitrogens is 2. The van der Waals surface area contributed by atoms with E-state index in [0.717, 1.165) is 12.0 Å². The first-order valence-corrected chi connectivity index (χ1v) is 6.37. The number of rotatable bonds is 3. The van der Waals surface area contributed by atoms with E-state index in [4.69, 9.17) is 5.73 Å². The minimum Gasteiger partial charge on any atom is -0.328 e. The summed E-state index contributed by atoms with van der Waals surface area (Å²) in [6.45, 7) is 1.93. The van der Waals surface area contributed by atoms with Gasteiger partial charge in [-0.25, -0.2) is 14.4 Å². The van der Waals surface area contributed by atoms with Crippen LogP contribution in [0.1, 0.15) is 12.5 Å². The first-order valence-electron chi connectivity index (χ1n) is 5.57. The fourth-order valence-electron chi connectivity index (χ4n) is 1.66. The van der Waals surface area contributed by atoms with Gasteiger partial charge < -0.3 is 5.73 Å². The Kier molecular flexibility index (Phi) is 4.04. The number of benzene rings is 1. The monoisotopic (exact) mass is 309 g/mol. The zero-order valence-corrected chi connectivity index (χ0v) is 11.5. The van der Waals surface area contributed by atoms with Crippen LogP contribution in [0.5, 0.6) is 0 Å². The third-order valence-electron chi connectivity index (χ3n) is 2.38. The predicted octanol–water partition coefficient (Wildman–Crippen LogP) is 2.93. The summed E-state index contributed by atoms with van der Waals surface area (Å²) in [4.78, 5) is 8.46. The van der Waals surface area contributed by atoms with E-state index in [1.54, 1.807) is 18.5 Å². The van der Waals surface area contributed by atoms with Crippen LogP contribution in [0, 0.1) is 5.82 Å². The molecule has 0 bridgehead atoms. The molecule has 0 amide bonds. The summed E-state index contributed by atoms with van der Waals surface area (Å²) >= 11 is 3.25. The maximum Gasteiger partial charge on any atom is 0.159 e. The van der Waals surface area contributed by atoms with E-state index in [-0.39, 0.29) is 11.9 Å². The van der Waals surface area contributed by atoms with Gasteiger partial charge in [-0.2, -0.15) is 0 Å². The van der Waals surface area contributed by atoms with Gasteiger partial charge in [0.05, 0.1) is 0 Å². The van der Waals surface area contributed by atoms with Crippen LogP contribution in [0.15, 0.2) is 35.1 Å². The van der Waals surface area contributed by atoms with Crippen molar-refractivity contribution in [1.29, 1.82) is 0 Å². The largest absolute Gasteiger partial charge is 0.328 e. The summed E-state index contributed by atoms with van der Waals surface area (Å²) in [5, 5.41) is 0. The van der Waals surface area contributed by atoms with Gasteiger partial charge in [0.2, 0.25) is 0 Å². The quantitative estimate of drug-likeness (QED) is 0.948. The highest BCUT2D eigenvalue weighted by atomic mass is 79.9. The van der Waals surface area contributed by atoms with Crippen LogP contribution in [0.3, 0.4) is 0 Å². The Morgan fingerprint density at radius 2 is 1.94 bits per heavy atom. The molecule has 0 saturated heterocycles. The van der Waals surface area contributed by atoms with Gasteiger partial charge in [-0.3, -0.25) is 0 Å². The van der Waals surface area contributed by atoms with Gasteiger partial charge in [0.15, 0.2) is 5.82 Å². The minimum absolute atomic E-state index is 0.0720. The molecule has 2 aromatic rings. The number of nitrogens with two attached hydrogens (primary N) is 1. The molecule has 94 valence electrons. The summed E-state index contributed by atoms with van der Waals surface area (Å²) in [6.07, 6.45) is 4.18. The first-order chi connectivity index (χ1) is 8.54. The first kappa shape index (κ1) is 13.1. The molecule has 5 heteroatoms. The summed E-state index contributed by atoms with van der Waals surface area (Å²) in [5.41, 5.74) is 7.33. The van der Waals surface area contributed by atoms with Crippen molar-refractivity contribution in [2.24, 2.45) is 5.73 Å². The second-order valence-electron chi connectivity index (χ2n) is 4.25. The van der Waals surface area contributed by atoms with E-state index in [9.17, 15) is 4.39 Å². The predicted molar refractivity (Wildman–Crippen MR) is 72.5 cm³/mol. The zero-order valence-electron chi connectivity index (χ0n) is 9.90. The standard InChI is InChI=1S/C13H13BrFN3/c1-8(16)2-9-6-17-13(18-7-9)10-3-11(14)5-12(15)4-10/h3-8H,2,16H2,1H3. The van der Waals surface area contributed by atoms with Gasteiger partial charge in [0, 0.05) is 28.5 Å². The van der Waals surface area contributed by atoms with Gasteiger partial charge in [-0.1, -0.05) is 15.9 Å². The molecular formula is C13H13BrFN3. The maximum atomic E-state index is 13.3. The van der Waals surface area contributed by atoms with Crippen LogP contribution >= 0.6 is 15.9 Å². The Balaban J connectivity index is 2.28. The van der Waals surface area contributed by atoms with Crippen LogP contribution in [0.2, 0.25) is 0 Å². The third-order valence-corrected chi connectivity index (χ3v) is 2.84. The Morgan fingerprint density at radius 1 is 1.28 bits per heavy atom. The average Bonchev–Trinajstić information content (AvgIpc) is 2.27. The SMILES string of the molecule is CC(N)Cc1cnc(-c2cc(F)cc(Br)c2)nc1. The number of nitrogens with zero attached hydrogens (tertiary/aromatic N) is 2. The van der Waals surface area contributed by atoms with Crippen LogP contribution in [0.25, 0.3) is 11.4 Å². The van der Waals surface area contributed by atoms with Crippen molar-refractivity contribution in [3.05, 3.63) is 46.4 Å². The second kappa shape index (κ2) is 5.54. The molecule has 1 aromatic heterocycles. The normalized spacial score (nSPS) is 12.4. The van der Waals surface area contributed by atoms with E-state index in [2.05, 4.69) is 25.9 Å². The molecule has 18 heavy (non-hydrogen) atoms. The molecule has 2 rings (SSSR count). The Bertz CT molecular complexity index is 520. The second-order valence-corrected chi connectivity index (χ2v) is 5.17. The molecule has 0 radical (unpaired) electrons. The highest BCUT2D eigenvalue weighted by Crippen LogP contribution is 2.21. The van der Waals surface area contributed by atoms with Crippen molar-refractivity contribution in [3.63, 3.8) is 0 Å². The smallest absolute Gasteiger partial charge is 0.159 e. The van der Waals surface area contributed by atoms with E-state index < -0.39 is 0 Å². The van der Waals surface area contributed by atoms with Crippen molar-refractivity contribution in [2.75, 3.05) is 0 Å². The lowest BCUT2D eigenvalue weighted by Gasteiger charge is -2.05. The molecule has 0 spiro atoms. The van der Waals surface area contributed by atoms with E-state index in [1.807, 2.05) is 6.92 Å². The van der Waals surface area contributed by atoms with E-state index in [1.165, 1.54) is 12.1 Å². The molecule has 0 aliphatic carbocycles. The van der Waals surface area contributed by atoms with E-state index in [0.29, 0.717) is 15.9 Å². The molecule has 3 nitrogen and oxygen atoms in total. The molecule has 0 fully saturated rings. The van der Waals surface area contributed by atoms with Crippen molar-refractivity contribution in [2.45, 2.75) is 19.4 Å². The fourth-order valence-corrected chi connectivity index (χ4v) is 2.13. The molecule has 0 aliphatic rings. The van der Waals surface area contributed by atoms with Gasteiger partial charge in [-0.05, 0) is 37.1 Å². The van der Waals surface area contributed by atoms with Crippen molar-refractivity contribution >= 4 is 15.9 Å². The van der Waals surface area contributed by atoms with Crippen LogP contribution in [-0.4, -0.2) is 16.0 Å². The van der Waals surface area contributed by atoms with Crippen LogP contribution in [0.4, 0.5) is 4.39 Å². The summed E-state index contributed by atoms with van der Waals surface area (Å²) < 4.78 is 13.9. The molecule has 1 atom stereocenters. The topological polar surface area (TPSA) is 51.8 Å². The van der Waals surface area contributed by atoms with Crippen molar-refractivity contribution in [3.8, 4) is 11.4 Å². The molecular weight excluding hydrogens is 297 g/mol. The lowest BCUT2D eigenvalue weighted by Crippen LogP contribution is -2.18. The van der Waals surface area contributed by atoms with Gasteiger partial charge in [0.1, 0.15) is 5.82 Å². The molecule has 1 unspecified atom stereocenters. The van der Waals surface area contributed by atoms with Gasteiger partial charge in [-0.15, -0.1) is 0 Å². The summed E-state index contributed by atoms with van der Waals surface area (Å²) in [7, 11) is 0. The lowest BCUT2D eigenvalue weighted by atomic mass is 10.1. The van der Waals surface area contributed by atoms with Crippen molar-refractivity contribution in [1.82, 2.24) is 9.97 Å². The van der Waals surface area contributed by atoms with Crippen LogP contribution < -0.4 is 5.73 Å². The average molecular weight is 310 g/mol. The zero-order chi connectivity index (χ0) is 13.1. The van der Waals surface area contributed by atoms with Gasteiger partial charge >= 0.3 is 0 Å². The Hall–Kier alpha value is -1.33. The molecule has 0 aliphatic heterocycles. The lowest BCUT2D eigenvalue weighted by molar-refractivity contribution is 0.627. The number of halogens is 2. The Labute approximate surface area is 113 Å². The molecule has 0 saturated carbocycles. The number of hydrogen-bond acceptors (Lipinski definition) is 3. The fraction of sp³-hybridized carbons (Fsp3) is 0.231. The van der Waals surface area contributed by atoms with Crippen molar-refractivity contribution < 1.29 is 4.39 Å². The maximum absolute atomic E-state index is 13.3. The molecule has 1 aromatic carbocycles. The Morgan fingerprint density at radius 3 is 2.50 bits per heavy atom. The summed E-state index contributed by atoms with van der Waals surface area (Å²) in [6, 6.07) is 4.66. The summed E-state index contributed by atoms with van der Waals surface area (Å²) in [5.74, 6) is 0.186. The highest BCUT2D eigenvalue weighted by Gasteiger charge is 2.05. The van der Waals surface area contributed by atoms with Crippen LogP contribution in [-0.2, 0) is 6.42 Å². The molecule has 2 N–H and O–H groups in total.